The lowest BCUT2D eigenvalue weighted by molar-refractivity contribution is -0.137. The number of aliphatic carboxylic acids is 1. The predicted octanol–water partition coefficient (Wildman–Crippen LogP) is 4.45. The Hall–Kier alpha value is -3.35. The summed E-state index contributed by atoms with van der Waals surface area (Å²) >= 11 is 0. The first kappa shape index (κ1) is 23.8. The highest BCUT2D eigenvalue weighted by Gasteiger charge is 2.39. The minimum absolute atomic E-state index is 0.0529. The number of carbonyl (C=O) groups excluding carboxylic acids is 2. The topological polar surface area (TPSA) is 105 Å². The van der Waals surface area contributed by atoms with Crippen LogP contribution in [0.15, 0.2) is 48.5 Å². The molecule has 7 heteroatoms. The van der Waals surface area contributed by atoms with Crippen LogP contribution in [-0.2, 0) is 14.3 Å². The Kier molecular flexibility index (Phi) is 7.50. The summed E-state index contributed by atoms with van der Waals surface area (Å²) in [6.07, 6.45) is 3.27. The maximum Gasteiger partial charge on any atom is 0.407 e. The van der Waals surface area contributed by atoms with Crippen LogP contribution in [0, 0.1) is 5.92 Å². The molecule has 2 atom stereocenters. The number of fused-ring (bicyclic) bond motifs is 3. The fourth-order valence-corrected chi connectivity index (χ4v) is 4.77. The fourth-order valence-electron chi connectivity index (χ4n) is 4.77. The highest BCUT2D eigenvalue weighted by atomic mass is 16.5. The number of rotatable bonds is 11. The molecular formula is C27H32N2O5. The molecule has 1 saturated carbocycles. The lowest BCUT2D eigenvalue weighted by atomic mass is 9.98. The van der Waals surface area contributed by atoms with Gasteiger partial charge >= 0.3 is 12.1 Å². The summed E-state index contributed by atoms with van der Waals surface area (Å²) in [5, 5.41) is 14.8. The van der Waals surface area contributed by atoms with E-state index in [4.69, 9.17) is 4.74 Å². The molecule has 2 amide bonds. The third-order valence-corrected chi connectivity index (χ3v) is 6.67. The van der Waals surface area contributed by atoms with Crippen LogP contribution in [0.2, 0.25) is 0 Å². The average molecular weight is 465 g/mol. The standard InChI is InChI=1S/C27H32N2O5/c1-2-3-8-18(15-24(30)31)28-26(32)25(17-13-14-17)29-27(33)34-16-23-21-11-6-4-9-19(21)20-10-5-7-12-22(20)23/h4-7,9-12,17-18,23,25H,2-3,8,13-16H2,1H3,(H,28,32)(H,29,33)(H,30,31)/t18-,25?/m0/s1. The zero-order valence-corrected chi connectivity index (χ0v) is 19.5. The summed E-state index contributed by atoms with van der Waals surface area (Å²) in [4.78, 5) is 36.8. The van der Waals surface area contributed by atoms with Crippen LogP contribution in [0.3, 0.4) is 0 Å². The highest BCUT2D eigenvalue weighted by Crippen LogP contribution is 2.44. The molecule has 3 N–H and O–H groups in total. The van der Waals surface area contributed by atoms with E-state index in [1.54, 1.807) is 0 Å². The van der Waals surface area contributed by atoms with Crippen LogP contribution < -0.4 is 10.6 Å². The maximum atomic E-state index is 12.9. The summed E-state index contributed by atoms with van der Waals surface area (Å²) in [6, 6.07) is 15.1. The van der Waals surface area contributed by atoms with Gasteiger partial charge in [0.1, 0.15) is 12.6 Å². The fraction of sp³-hybridized carbons (Fsp3) is 0.444. The number of hydrogen-bond acceptors (Lipinski definition) is 4. The molecule has 180 valence electrons. The minimum Gasteiger partial charge on any atom is -0.481 e. The largest absolute Gasteiger partial charge is 0.481 e. The number of ether oxygens (including phenoxy) is 1. The molecule has 2 aliphatic carbocycles. The summed E-state index contributed by atoms with van der Waals surface area (Å²) in [5.74, 6) is -1.29. The summed E-state index contributed by atoms with van der Waals surface area (Å²) in [5.41, 5.74) is 4.55. The SMILES string of the molecule is CCCC[C@@H](CC(=O)O)NC(=O)C(NC(=O)OCC1c2ccccc2-c2ccccc21)C1CC1. The number of unbranched alkanes of at least 4 members (excludes halogenated alkanes) is 1. The molecule has 2 aliphatic rings. The second-order valence-corrected chi connectivity index (χ2v) is 9.23. The second kappa shape index (κ2) is 10.7. The molecule has 0 spiro atoms. The number of hydrogen-bond donors (Lipinski definition) is 3. The van der Waals surface area contributed by atoms with E-state index in [0.29, 0.717) is 6.42 Å². The van der Waals surface area contributed by atoms with Crippen molar-refractivity contribution >= 4 is 18.0 Å². The van der Waals surface area contributed by atoms with Gasteiger partial charge in [-0.15, -0.1) is 0 Å². The second-order valence-electron chi connectivity index (χ2n) is 9.23. The quantitative estimate of drug-likeness (QED) is 0.456. The van der Waals surface area contributed by atoms with E-state index in [1.165, 1.54) is 0 Å². The monoisotopic (exact) mass is 464 g/mol. The van der Waals surface area contributed by atoms with Crippen molar-refractivity contribution < 1.29 is 24.2 Å². The van der Waals surface area contributed by atoms with E-state index in [2.05, 4.69) is 34.9 Å². The van der Waals surface area contributed by atoms with E-state index in [-0.39, 0.29) is 30.8 Å². The van der Waals surface area contributed by atoms with Crippen molar-refractivity contribution in [2.45, 2.75) is 63.5 Å². The van der Waals surface area contributed by atoms with Gasteiger partial charge < -0.3 is 20.5 Å². The number of benzene rings is 2. The van der Waals surface area contributed by atoms with Crippen molar-refractivity contribution in [1.29, 1.82) is 0 Å². The number of alkyl carbamates (subject to hydrolysis) is 1. The van der Waals surface area contributed by atoms with Gasteiger partial charge in [-0.05, 0) is 47.4 Å². The van der Waals surface area contributed by atoms with Crippen molar-refractivity contribution in [2.75, 3.05) is 6.61 Å². The van der Waals surface area contributed by atoms with Gasteiger partial charge in [0.05, 0.1) is 6.42 Å². The van der Waals surface area contributed by atoms with Crippen LogP contribution in [0.1, 0.15) is 62.5 Å². The molecule has 2 aromatic rings. The average Bonchev–Trinajstić information content (AvgIpc) is 3.61. The molecule has 0 saturated heterocycles. The van der Waals surface area contributed by atoms with E-state index >= 15 is 0 Å². The van der Waals surface area contributed by atoms with E-state index in [9.17, 15) is 19.5 Å². The molecule has 2 aromatic carbocycles. The number of carboxylic acid groups (broad SMARTS) is 1. The lowest BCUT2D eigenvalue weighted by Gasteiger charge is -2.23. The van der Waals surface area contributed by atoms with Crippen LogP contribution in [0.25, 0.3) is 11.1 Å². The van der Waals surface area contributed by atoms with Crippen molar-refractivity contribution in [3.05, 3.63) is 59.7 Å². The molecule has 1 fully saturated rings. The Bertz CT molecular complexity index is 1000. The Morgan fingerprint density at radius 2 is 1.62 bits per heavy atom. The maximum absolute atomic E-state index is 12.9. The first-order valence-electron chi connectivity index (χ1n) is 12.1. The third-order valence-electron chi connectivity index (χ3n) is 6.67. The zero-order valence-electron chi connectivity index (χ0n) is 19.5. The molecule has 0 bridgehead atoms. The summed E-state index contributed by atoms with van der Waals surface area (Å²) in [6.45, 7) is 2.20. The van der Waals surface area contributed by atoms with Gasteiger partial charge in [-0.25, -0.2) is 4.79 Å². The van der Waals surface area contributed by atoms with Gasteiger partial charge in [-0.1, -0.05) is 68.3 Å². The van der Waals surface area contributed by atoms with Gasteiger partial charge in [0.15, 0.2) is 0 Å². The molecule has 1 unspecified atom stereocenters. The molecular weight excluding hydrogens is 432 g/mol. The van der Waals surface area contributed by atoms with Gasteiger partial charge in [-0.3, -0.25) is 9.59 Å². The number of carboxylic acids is 1. The number of amides is 2. The van der Waals surface area contributed by atoms with Crippen LogP contribution in [0.5, 0.6) is 0 Å². The van der Waals surface area contributed by atoms with Gasteiger partial charge in [-0.2, -0.15) is 0 Å². The Labute approximate surface area is 199 Å². The Morgan fingerprint density at radius 1 is 1.00 bits per heavy atom. The Balaban J connectivity index is 1.37. The van der Waals surface area contributed by atoms with E-state index in [1.807, 2.05) is 31.2 Å². The van der Waals surface area contributed by atoms with Crippen LogP contribution in [0.4, 0.5) is 4.79 Å². The molecule has 0 heterocycles. The Morgan fingerprint density at radius 3 is 2.18 bits per heavy atom. The molecule has 4 rings (SSSR count). The van der Waals surface area contributed by atoms with E-state index < -0.39 is 24.1 Å². The molecule has 0 aliphatic heterocycles. The van der Waals surface area contributed by atoms with Crippen molar-refractivity contribution in [1.82, 2.24) is 10.6 Å². The number of carbonyl (C=O) groups is 3. The van der Waals surface area contributed by atoms with Gasteiger partial charge in [0.2, 0.25) is 5.91 Å². The molecule has 0 radical (unpaired) electrons. The lowest BCUT2D eigenvalue weighted by Crippen LogP contribution is -2.51. The first-order valence-corrected chi connectivity index (χ1v) is 12.1. The predicted molar refractivity (Wildman–Crippen MR) is 128 cm³/mol. The van der Waals surface area contributed by atoms with Crippen LogP contribution in [-0.4, -0.2) is 41.8 Å². The minimum atomic E-state index is -0.950. The van der Waals surface area contributed by atoms with Crippen molar-refractivity contribution in [3.63, 3.8) is 0 Å². The molecule has 34 heavy (non-hydrogen) atoms. The van der Waals surface area contributed by atoms with Crippen molar-refractivity contribution in [2.24, 2.45) is 5.92 Å². The highest BCUT2D eigenvalue weighted by molar-refractivity contribution is 5.87. The zero-order chi connectivity index (χ0) is 24.1. The molecule has 0 aromatic heterocycles. The molecule has 7 nitrogen and oxygen atoms in total. The number of nitrogens with one attached hydrogen (secondary N) is 2. The smallest absolute Gasteiger partial charge is 0.407 e. The van der Waals surface area contributed by atoms with Gasteiger partial charge in [0.25, 0.3) is 0 Å². The first-order chi connectivity index (χ1) is 16.5. The van der Waals surface area contributed by atoms with E-state index in [0.717, 1.165) is 47.9 Å². The van der Waals surface area contributed by atoms with Crippen LogP contribution >= 0.6 is 0 Å². The summed E-state index contributed by atoms with van der Waals surface area (Å²) < 4.78 is 5.61. The normalized spacial score (nSPS) is 16.1. The third kappa shape index (κ3) is 5.58. The van der Waals surface area contributed by atoms with Gasteiger partial charge in [0, 0.05) is 12.0 Å². The summed E-state index contributed by atoms with van der Waals surface area (Å²) in [7, 11) is 0. The van der Waals surface area contributed by atoms with Crippen molar-refractivity contribution in [3.8, 4) is 11.1 Å².